The number of hydrogen-bond acceptors (Lipinski definition) is 2. The van der Waals surface area contributed by atoms with Crippen LogP contribution < -0.4 is 0 Å². The van der Waals surface area contributed by atoms with Gasteiger partial charge < -0.3 is 4.57 Å². The second kappa shape index (κ2) is 4.08. The highest BCUT2D eigenvalue weighted by atomic mass is 16.1. The molecule has 0 unspecified atom stereocenters. The molecule has 0 aliphatic rings. The monoisotopic (exact) mass is 216 g/mol. The van der Waals surface area contributed by atoms with Gasteiger partial charge in [-0.05, 0) is 32.4 Å². The number of benzene rings is 1. The molecule has 2 aromatic rings. The minimum Gasteiger partial charge on any atom is -0.328 e. The number of Topliss-reactive ketones (excluding diaryl/α,β-unsaturated/α-hetero) is 1. The molecule has 0 saturated heterocycles. The van der Waals surface area contributed by atoms with E-state index >= 15 is 0 Å². The molecule has 2 rings (SSSR count). The van der Waals surface area contributed by atoms with Crippen LogP contribution in [-0.4, -0.2) is 15.3 Å². The van der Waals surface area contributed by atoms with Gasteiger partial charge in [0, 0.05) is 12.5 Å². The summed E-state index contributed by atoms with van der Waals surface area (Å²) >= 11 is 0. The molecular formula is C13H16N2O. The number of para-hydroxylation sites is 1. The maximum absolute atomic E-state index is 11.2. The minimum absolute atomic E-state index is 0.184. The zero-order chi connectivity index (χ0) is 11.7. The van der Waals surface area contributed by atoms with E-state index in [1.54, 1.807) is 6.92 Å². The summed E-state index contributed by atoms with van der Waals surface area (Å²) < 4.78 is 2.12. The van der Waals surface area contributed by atoms with Crippen molar-refractivity contribution < 1.29 is 4.79 Å². The third kappa shape index (κ3) is 1.85. The molecule has 0 atom stereocenters. The van der Waals surface area contributed by atoms with E-state index < -0.39 is 0 Å². The lowest BCUT2D eigenvalue weighted by molar-refractivity contribution is -0.116. The van der Waals surface area contributed by atoms with Crippen molar-refractivity contribution in [1.29, 1.82) is 0 Å². The molecule has 0 aliphatic heterocycles. The van der Waals surface area contributed by atoms with Crippen LogP contribution in [0.4, 0.5) is 0 Å². The van der Waals surface area contributed by atoms with Crippen LogP contribution in [0.2, 0.25) is 0 Å². The first-order chi connectivity index (χ1) is 7.59. The van der Waals surface area contributed by atoms with Crippen LogP contribution in [0.1, 0.15) is 32.4 Å². The van der Waals surface area contributed by atoms with E-state index in [0.717, 1.165) is 16.6 Å². The summed E-state index contributed by atoms with van der Waals surface area (Å²) in [6.07, 6.45) is 2.33. The molecule has 3 heteroatoms. The van der Waals surface area contributed by atoms with Gasteiger partial charge in [-0.3, -0.25) is 4.79 Å². The van der Waals surface area contributed by atoms with E-state index in [2.05, 4.69) is 23.4 Å². The normalized spacial score (nSPS) is 11.2. The van der Waals surface area contributed by atoms with Crippen LogP contribution in [-0.2, 0) is 11.2 Å². The summed E-state index contributed by atoms with van der Waals surface area (Å²) in [6, 6.07) is 6.30. The summed E-state index contributed by atoms with van der Waals surface area (Å²) in [5, 5.41) is 0. The second-order valence-electron chi connectivity index (χ2n) is 4.41. The zero-order valence-corrected chi connectivity index (χ0v) is 9.90. The van der Waals surface area contributed by atoms with Crippen molar-refractivity contribution in [1.82, 2.24) is 9.55 Å². The molecule has 0 spiro atoms. The first-order valence-corrected chi connectivity index (χ1v) is 5.53. The molecule has 0 bridgehead atoms. The summed E-state index contributed by atoms with van der Waals surface area (Å²) in [4.78, 5) is 15.6. The average Bonchev–Trinajstić information content (AvgIpc) is 2.61. The van der Waals surface area contributed by atoms with Crippen molar-refractivity contribution in [2.45, 2.75) is 33.2 Å². The Labute approximate surface area is 95.1 Å². The Kier molecular flexibility index (Phi) is 2.77. The van der Waals surface area contributed by atoms with E-state index in [1.807, 2.05) is 24.5 Å². The number of imidazole rings is 1. The van der Waals surface area contributed by atoms with Crippen LogP contribution in [0.15, 0.2) is 24.5 Å². The SMILES string of the molecule is CC(=O)Cc1cccc2ncn(C(C)C)c12. The molecule has 1 heterocycles. The Morgan fingerprint density at radius 1 is 1.44 bits per heavy atom. The lowest BCUT2D eigenvalue weighted by atomic mass is 10.1. The van der Waals surface area contributed by atoms with Gasteiger partial charge in [0.2, 0.25) is 0 Å². The van der Waals surface area contributed by atoms with E-state index in [4.69, 9.17) is 0 Å². The molecule has 0 N–H and O–H groups in total. The Hall–Kier alpha value is -1.64. The third-order valence-corrected chi connectivity index (χ3v) is 2.67. The Balaban J connectivity index is 2.63. The fraction of sp³-hybridized carbons (Fsp3) is 0.385. The van der Waals surface area contributed by atoms with Crippen molar-refractivity contribution in [3.8, 4) is 0 Å². The van der Waals surface area contributed by atoms with Gasteiger partial charge in [-0.1, -0.05) is 12.1 Å². The van der Waals surface area contributed by atoms with Gasteiger partial charge in [-0.25, -0.2) is 4.98 Å². The number of fused-ring (bicyclic) bond motifs is 1. The lowest BCUT2D eigenvalue weighted by Gasteiger charge is -2.10. The van der Waals surface area contributed by atoms with E-state index in [0.29, 0.717) is 12.5 Å². The predicted molar refractivity (Wildman–Crippen MR) is 64.5 cm³/mol. The van der Waals surface area contributed by atoms with Gasteiger partial charge >= 0.3 is 0 Å². The molecule has 0 fully saturated rings. The van der Waals surface area contributed by atoms with Gasteiger partial charge in [-0.2, -0.15) is 0 Å². The third-order valence-electron chi connectivity index (χ3n) is 2.67. The molecule has 16 heavy (non-hydrogen) atoms. The van der Waals surface area contributed by atoms with E-state index in [-0.39, 0.29) is 5.78 Å². The fourth-order valence-electron chi connectivity index (χ4n) is 1.96. The van der Waals surface area contributed by atoms with Crippen LogP contribution in [0.5, 0.6) is 0 Å². The Bertz CT molecular complexity index is 526. The first-order valence-electron chi connectivity index (χ1n) is 5.53. The average molecular weight is 216 g/mol. The highest BCUT2D eigenvalue weighted by Crippen LogP contribution is 2.21. The summed E-state index contributed by atoms with van der Waals surface area (Å²) in [6.45, 7) is 5.85. The fourth-order valence-corrected chi connectivity index (χ4v) is 1.96. The maximum atomic E-state index is 11.2. The zero-order valence-electron chi connectivity index (χ0n) is 9.90. The summed E-state index contributed by atoms with van der Waals surface area (Å²) in [5.74, 6) is 0.184. The quantitative estimate of drug-likeness (QED) is 0.790. The lowest BCUT2D eigenvalue weighted by Crippen LogP contribution is -2.03. The maximum Gasteiger partial charge on any atom is 0.134 e. The molecule has 0 amide bonds. The second-order valence-corrected chi connectivity index (χ2v) is 4.41. The number of carbonyl (C=O) groups is 1. The Morgan fingerprint density at radius 2 is 2.19 bits per heavy atom. The number of aromatic nitrogens is 2. The standard InChI is InChI=1S/C13H16N2O/c1-9(2)15-8-14-12-6-4-5-11(13(12)15)7-10(3)16/h4-6,8-9H,7H2,1-3H3. The predicted octanol–water partition coefficient (Wildman–Crippen LogP) is 2.75. The molecule has 0 aliphatic carbocycles. The van der Waals surface area contributed by atoms with Gasteiger partial charge in [0.05, 0.1) is 17.4 Å². The van der Waals surface area contributed by atoms with Gasteiger partial charge in [0.15, 0.2) is 0 Å². The highest BCUT2D eigenvalue weighted by Gasteiger charge is 2.10. The molecule has 0 radical (unpaired) electrons. The number of rotatable bonds is 3. The molecule has 3 nitrogen and oxygen atoms in total. The molecular weight excluding hydrogens is 200 g/mol. The minimum atomic E-state index is 0.184. The number of ketones is 1. The van der Waals surface area contributed by atoms with Gasteiger partial charge in [-0.15, -0.1) is 0 Å². The molecule has 1 aromatic carbocycles. The van der Waals surface area contributed by atoms with Crippen molar-refractivity contribution >= 4 is 16.8 Å². The number of nitrogens with zero attached hydrogens (tertiary/aromatic N) is 2. The van der Waals surface area contributed by atoms with Crippen LogP contribution in [0.3, 0.4) is 0 Å². The molecule has 0 saturated carbocycles. The van der Waals surface area contributed by atoms with E-state index in [1.165, 1.54) is 0 Å². The summed E-state index contributed by atoms with van der Waals surface area (Å²) in [7, 11) is 0. The number of carbonyl (C=O) groups excluding carboxylic acids is 1. The van der Waals surface area contributed by atoms with Crippen molar-refractivity contribution in [2.75, 3.05) is 0 Å². The van der Waals surface area contributed by atoms with E-state index in [9.17, 15) is 4.79 Å². The summed E-state index contributed by atoms with van der Waals surface area (Å²) in [5.41, 5.74) is 3.12. The van der Waals surface area contributed by atoms with Crippen LogP contribution in [0, 0.1) is 0 Å². The number of hydrogen-bond donors (Lipinski definition) is 0. The highest BCUT2D eigenvalue weighted by molar-refractivity contribution is 5.86. The molecule has 84 valence electrons. The smallest absolute Gasteiger partial charge is 0.134 e. The first kappa shape index (κ1) is 10.9. The van der Waals surface area contributed by atoms with Crippen molar-refractivity contribution in [3.05, 3.63) is 30.1 Å². The van der Waals surface area contributed by atoms with Crippen LogP contribution >= 0.6 is 0 Å². The van der Waals surface area contributed by atoms with Crippen molar-refractivity contribution in [3.63, 3.8) is 0 Å². The van der Waals surface area contributed by atoms with Gasteiger partial charge in [0.1, 0.15) is 5.78 Å². The molecule has 1 aromatic heterocycles. The van der Waals surface area contributed by atoms with Crippen molar-refractivity contribution in [2.24, 2.45) is 0 Å². The Morgan fingerprint density at radius 3 is 2.81 bits per heavy atom. The largest absolute Gasteiger partial charge is 0.328 e. The van der Waals surface area contributed by atoms with Gasteiger partial charge in [0.25, 0.3) is 0 Å². The topological polar surface area (TPSA) is 34.9 Å². The van der Waals surface area contributed by atoms with Crippen LogP contribution in [0.25, 0.3) is 11.0 Å².